The molecule has 0 unspecified atom stereocenters. The van der Waals surface area contributed by atoms with Gasteiger partial charge in [0.2, 0.25) is 5.91 Å². The van der Waals surface area contributed by atoms with Gasteiger partial charge in [-0.3, -0.25) is 14.3 Å². The van der Waals surface area contributed by atoms with Crippen LogP contribution in [0.25, 0.3) is 11.1 Å². The number of hydrogen-bond acceptors (Lipinski definition) is 3. The van der Waals surface area contributed by atoms with Gasteiger partial charge in [-0.15, -0.1) is 6.58 Å². The highest BCUT2D eigenvalue weighted by atomic mass is 16.2. The summed E-state index contributed by atoms with van der Waals surface area (Å²) in [6.07, 6.45) is 4.59. The smallest absolute Gasteiger partial charge is 0.274 e. The van der Waals surface area contributed by atoms with Gasteiger partial charge in [-0.25, -0.2) is 0 Å². The van der Waals surface area contributed by atoms with Crippen LogP contribution in [0.4, 0.5) is 0 Å². The Morgan fingerprint density at radius 3 is 2.64 bits per heavy atom. The minimum atomic E-state index is -0.695. The molecule has 6 nitrogen and oxygen atoms in total. The quantitative estimate of drug-likeness (QED) is 0.567. The number of nitrogens with one attached hydrogen (secondary N) is 1. The number of aryl methyl sites for hydroxylation is 2. The lowest BCUT2D eigenvalue weighted by atomic mass is 9.79. The number of carbonyl (C=O) groups is 2. The van der Waals surface area contributed by atoms with E-state index in [2.05, 4.69) is 66.4 Å². The Morgan fingerprint density at radius 2 is 1.94 bits per heavy atom. The molecule has 0 radical (unpaired) electrons. The Balaban J connectivity index is 1.60. The molecule has 0 bridgehead atoms. The number of likely N-dealkylation sites (tertiary alicyclic amines) is 1. The number of nitrogens with zero attached hydrogens (tertiary/aromatic N) is 3. The Kier molecular flexibility index (Phi) is 6.45. The number of carbonyl (C=O) groups excluding carboxylic acids is 2. The summed E-state index contributed by atoms with van der Waals surface area (Å²) in [5.74, 6) is -0.179. The molecule has 1 aliphatic heterocycles. The van der Waals surface area contributed by atoms with Gasteiger partial charge >= 0.3 is 0 Å². The van der Waals surface area contributed by atoms with E-state index in [4.69, 9.17) is 0 Å². The van der Waals surface area contributed by atoms with Gasteiger partial charge in [0, 0.05) is 32.9 Å². The first kappa shape index (κ1) is 22.5. The van der Waals surface area contributed by atoms with Crippen molar-refractivity contribution in [3.63, 3.8) is 0 Å². The predicted octanol–water partition coefficient (Wildman–Crippen LogP) is 3.77. The topological polar surface area (TPSA) is 67.2 Å². The highest BCUT2D eigenvalue weighted by Crippen LogP contribution is 2.36. The summed E-state index contributed by atoms with van der Waals surface area (Å²) < 4.78 is 1.61. The second-order valence-corrected chi connectivity index (χ2v) is 8.87. The molecular weight excluding hydrogens is 412 g/mol. The van der Waals surface area contributed by atoms with Gasteiger partial charge in [0.1, 0.15) is 5.69 Å². The first-order valence-electron chi connectivity index (χ1n) is 11.2. The Labute approximate surface area is 194 Å². The van der Waals surface area contributed by atoms with E-state index >= 15 is 0 Å². The first-order valence-corrected chi connectivity index (χ1v) is 11.2. The fourth-order valence-corrected chi connectivity index (χ4v) is 4.50. The highest BCUT2D eigenvalue weighted by molar-refractivity contribution is 5.93. The Hall–Kier alpha value is -3.67. The van der Waals surface area contributed by atoms with Crippen molar-refractivity contribution in [1.82, 2.24) is 20.0 Å². The largest absolute Gasteiger partial charge is 0.352 e. The van der Waals surface area contributed by atoms with E-state index < -0.39 is 5.41 Å². The molecule has 1 aliphatic rings. The standard InChI is InChI=1S/C27H30N4O2/c1-4-14-28-26(33)27(13-16-31(19-27)25(32)24-12-15-30(3)29-24)18-21-6-5-7-23(17-21)22-10-8-20(2)9-11-22/h4-12,15,17H,1,13-14,16,18-19H2,2-3H3,(H,28,33)/t27-/m1/s1. The van der Waals surface area contributed by atoms with Crippen LogP contribution in [0, 0.1) is 12.3 Å². The van der Waals surface area contributed by atoms with E-state index in [9.17, 15) is 9.59 Å². The van der Waals surface area contributed by atoms with Crippen molar-refractivity contribution in [3.05, 3.63) is 90.3 Å². The highest BCUT2D eigenvalue weighted by Gasteiger charge is 2.46. The van der Waals surface area contributed by atoms with Crippen molar-refractivity contribution in [1.29, 1.82) is 0 Å². The Morgan fingerprint density at radius 1 is 1.15 bits per heavy atom. The zero-order valence-corrected chi connectivity index (χ0v) is 19.3. The zero-order chi connectivity index (χ0) is 23.4. The molecule has 3 aromatic rings. The third-order valence-corrected chi connectivity index (χ3v) is 6.32. The summed E-state index contributed by atoms with van der Waals surface area (Å²) in [5, 5.41) is 7.22. The van der Waals surface area contributed by atoms with Crippen LogP contribution in [0.15, 0.2) is 73.4 Å². The van der Waals surface area contributed by atoms with Crippen LogP contribution < -0.4 is 5.32 Å². The molecule has 2 aromatic carbocycles. The lowest BCUT2D eigenvalue weighted by Crippen LogP contribution is -2.45. The van der Waals surface area contributed by atoms with Gasteiger partial charge in [-0.2, -0.15) is 5.10 Å². The molecular formula is C27H30N4O2. The van der Waals surface area contributed by atoms with Crippen molar-refractivity contribution in [2.24, 2.45) is 12.5 Å². The molecule has 1 atom stereocenters. The van der Waals surface area contributed by atoms with E-state index in [-0.39, 0.29) is 11.8 Å². The normalized spacial score (nSPS) is 17.7. The van der Waals surface area contributed by atoms with Crippen molar-refractivity contribution in [3.8, 4) is 11.1 Å². The zero-order valence-electron chi connectivity index (χ0n) is 19.3. The summed E-state index contributed by atoms with van der Waals surface area (Å²) in [4.78, 5) is 28.1. The van der Waals surface area contributed by atoms with Crippen LogP contribution in [0.3, 0.4) is 0 Å². The average molecular weight is 443 g/mol. The maximum absolute atomic E-state index is 13.3. The maximum Gasteiger partial charge on any atom is 0.274 e. The summed E-state index contributed by atoms with van der Waals surface area (Å²) in [7, 11) is 1.79. The molecule has 0 aliphatic carbocycles. The van der Waals surface area contributed by atoms with Crippen LogP contribution in [-0.2, 0) is 18.3 Å². The lowest BCUT2D eigenvalue weighted by molar-refractivity contribution is -0.130. The Bertz CT molecular complexity index is 1160. The number of hydrogen-bond donors (Lipinski definition) is 1. The van der Waals surface area contributed by atoms with Gasteiger partial charge < -0.3 is 10.2 Å². The van der Waals surface area contributed by atoms with Gasteiger partial charge in [0.25, 0.3) is 5.91 Å². The fourth-order valence-electron chi connectivity index (χ4n) is 4.50. The van der Waals surface area contributed by atoms with Gasteiger partial charge in [0.05, 0.1) is 5.41 Å². The molecule has 4 rings (SSSR count). The number of benzene rings is 2. The average Bonchev–Trinajstić information content (AvgIpc) is 3.45. The second-order valence-electron chi connectivity index (χ2n) is 8.87. The lowest BCUT2D eigenvalue weighted by Gasteiger charge is -2.28. The van der Waals surface area contributed by atoms with E-state index in [1.165, 1.54) is 5.56 Å². The molecule has 33 heavy (non-hydrogen) atoms. The number of amides is 2. The second kappa shape index (κ2) is 9.45. The molecule has 170 valence electrons. The molecule has 2 amide bonds. The summed E-state index contributed by atoms with van der Waals surface area (Å²) >= 11 is 0. The molecule has 0 saturated carbocycles. The van der Waals surface area contributed by atoms with Crippen LogP contribution in [0.2, 0.25) is 0 Å². The minimum absolute atomic E-state index is 0.0422. The van der Waals surface area contributed by atoms with Crippen LogP contribution in [-0.4, -0.2) is 46.1 Å². The predicted molar refractivity (Wildman–Crippen MR) is 130 cm³/mol. The van der Waals surface area contributed by atoms with Crippen LogP contribution in [0.5, 0.6) is 0 Å². The molecule has 1 aromatic heterocycles. The monoisotopic (exact) mass is 442 g/mol. The summed E-state index contributed by atoms with van der Waals surface area (Å²) in [5.41, 5.74) is 4.27. The SMILES string of the molecule is C=CCNC(=O)[C@@]1(Cc2cccc(-c3ccc(C)cc3)c2)CCN(C(=O)c2ccn(C)n2)C1. The summed E-state index contributed by atoms with van der Waals surface area (Å²) in [6, 6.07) is 18.5. The number of rotatable bonds is 7. The maximum atomic E-state index is 13.3. The van der Waals surface area contributed by atoms with Gasteiger partial charge in [0.15, 0.2) is 0 Å². The molecule has 0 spiro atoms. The van der Waals surface area contributed by atoms with Crippen molar-refractivity contribution in [2.75, 3.05) is 19.6 Å². The number of aromatic nitrogens is 2. The van der Waals surface area contributed by atoms with Gasteiger partial charge in [-0.1, -0.05) is 60.2 Å². The fraction of sp³-hybridized carbons (Fsp3) is 0.296. The van der Waals surface area contributed by atoms with E-state index in [0.717, 1.165) is 16.7 Å². The third kappa shape index (κ3) is 4.90. The molecule has 1 fully saturated rings. The molecule has 1 saturated heterocycles. The van der Waals surface area contributed by atoms with Crippen molar-refractivity contribution in [2.45, 2.75) is 19.8 Å². The van der Waals surface area contributed by atoms with Crippen LogP contribution in [0.1, 0.15) is 28.0 Å². The van der Waals surface area contributed by atoms with E-state index in [0.29, 0.717) is 38.2 Å². The molecule has 2 heterocycles. The van der Waals surface area contributed by atoms with Gasteiger partial charge in [-0.05, 0) is 42.5 Å². The third-order valence-electron chi connectivity index (χ3n) is 6.32. The molecule has 6 heteroatoms. The van der Waals surface area contributed by atoms with Crippen LogP contribution >= 0.6 is 0 Å². The van der Waals surface area contributed by atoms with E-state index in [1.54, 1.807) is 35.0 Å². The first-order chi connectivity index (χ1) is 15.9. The van der Waals surface area contributed by atoms with Crippen molar-refractivity contribution >= 4 is 11.8 Å². The minimum Gasteiger partial charge on any atom is -0.352 e. The van der Waals surface area contributed by atoms with Crippen molar-refractivity contribution < 1.29 is 9.59 Å². The summed E-state index contributed by atoms with van der Waals surface area (Å²) in [6.45, 7) is 7.07. The van der Waals surface area contributed by atoms with E-state index in [1.807, 2.05) is 6.07 Å². The molecule has 1 N–H and O–H groups in total.